The largest absolute Gasteiger partial charge is 0.481 e. The first kappa shape index (κ1) is 25.6. The maximum atomic E-state index is 14.8. The number of aryl methyl sites for hydroxylation is 1. The molecule has 2 aromatic carbocycles. The van der Waals surface area contributed by atoms with Crippen LogP contribution in [-0.2, 0) is 22.4 Å². The third-order valence-corrected chi connectivity index (χ3v) is 6.49. The molecule has 1 aliphatic rings. The minimum Gasteiger partial charge on any atom is -0.481 e. The number of ether oxygens (including phenoxy) is 3. The molecule has 1 saturated carbocycles. The summed E-state index contributed by atoms with van der Waals surface area (Å²) in [5, 5.41) is 4.57. The lowest BCUT2D eigenvalue weighted by molar-refractivity contribution is -0.142. The smallest absolute Gasteiger partial charge is 0.387 e. The van der Waals surface area contributed by atoms with Gasteiger partial charge in [-0.05, 0) is 55.2 Å². The maximum Gasteiger partial charge on any atom is 0.387 e. The summed E-state index contributed by atoms with van der Waals surface area (Å²) in [5.41, 5.74) is 3.39. The Hall–Kier alpha value is -4.08. The molecule has 5 rings (SSSR count). The van der Waals surface area contributed by atoms with Crippen LogP contribution in [0, 0.1) is 5.82 Å². The second-order valence-corrected chi connectivity index (χ2v) is 9.03. The molecule has 0 bridgehead atoms. The Morgan fingerprint density at radius 1 is 1.13 bits per heavy atom. The Bertz CT molecular complexity index is 1470. The van der Waals surface area contributed by atoms with E-state index in [2.05, 4.69) is 14.8 Å². The summed E-state index contributed by atoms with van der Waals surface area (Å²) in [6.45, 7) is -1.87. The average Bonchev–Trinajstić information content (AvgIpc) is 3.65. The van der Waals surface area contributed by atoms with Crippen LogP contribution in [-0.4, -0.2) is 41.1 Å². The number of esters is 1. The van der Waals surface area contributed by atoms with Gasteiger partial charge < -0.3 is 14.2 Å². The number of rotatable bonds is 10. The van der Waals surface area contributed by atoms with Crippen molar-refractivity contribution in [3.8, 4) is 17.2 Å². The topological polar surface area (TPSA) is 75.5 Å². The van der Waals surface area contributed by atoms with Crippen molar-refractivity contribution in [1.29, 1.82) is 0 Å². The lowest BCUT2D eigenvalue weighted by atomic mass is 9.98. The second kappa shape index (κ2) is 10.7. The Morgan fingerprint density at radius 3 is 2.55 bits per heavy atom. The van der Waals surface area contributed by atoms with Crippen molar-refractivity contribution in [1.82, 2.24) is 14.8 Å². The highest BCUT2D eigenvalue weighted by atomic mass is 19.3. The molecule has 0 radical (unpaired) electrons. The molecule has 2 heterocycles. The highest BCUT2D eigenvalue weighted by Crippen LogP contribution is 2.41. The van der Waals surface area contributed by atoms with E-state index in [4.69, 9.17) is 9.47 Å². The zero-order valence-electron chi connectivity index (χ0n) is 20.9. The van der Waals surface area contributed by atoms with Crippen molar-refractivity contribution in [2.45, 2.75) is 45.1 Å². The lowest BCUT2D eigenvalue weighted by Gasteiger charge is -2.19. The maximum absolute atomic E-state index is 14.8. The highest BCUT2D eigenvalue weighted by molar-refractivity contribution is 5.93. The van der Waals surface area contributed by atoms with E-state index in [1.165, 1.54) is 13.2 Å². The normalized spacial score (nSPS) is 13.2. The molecule has 0 atom stereocenters. The molecule has 1 aliphatic carbocycles. The third-order valence-electron chi connectivity index (χ3n) is 6.49. The zero-order valence-corrected chi connectivity index (χ0v) is 20.9. The van der Waals surface area contributed by atoms with Crippen molar-refractivity contribution in [2.75, 3.05) is 13.7 Å². The lowest BCUT2D eigenvalue weighted by Crippen LogP contribution is -2.14. The standard InChI is InChI=1S/C28H26F3N3O4/c1-3-21-19(14-16-4-8-18(9-5-16)34-13-12-22(33-34)17-6-7-17)27(38-28(30)31)25-23(37-15-24(35)36-2)11-10-20(29)26(25)32-21/h4-5,8-13,17,28H,3,6-7,14-15H2,1-2H3. The first-order chi connectivity index (χ1) is 18.4. The predicted octanol–water partition coefficient (Wildman–Crippen LogP) is 5.74. The molecule has 0 unspecified atom stereocenters. The van der Waals surface area contributed by atoms with Crippen LogP contribution < -0.4 is 9.47 Å². The van der Waals surface area contributed by atoms with Crippen LogP contribution in [0.5, 0.6) is 11.5 Å². The van der Waals surface area contributed by atoms with Crippen molar-refractivity contribution < 1.29 is 32.2 Å². The van der Waals surface area contributed by atoms with Crippen LogP contribution in [0.4, 0.5) is 13.2 Å². The Kier molecular flexibility index (Phi) is 7.22. The van der Waals surface area contributed by atoms with Crippen LogP contribution in [0.25, 0.3) is 16.6 Å². The van der Waals surface area contributed by atoms with Gasteiger partial charge in [0.25, 0.3) is 0 Å². The van der Waals surface area contributed by atoms with Crippen molar-refractivity contribution >= 4 is 16.9 Å². The molecule has 7 nitrogen and oxygen atoms in total. The molecule has 0 spiro atoms. The highest BCUT2D eigenvalue weighted by Gasteiger charge is 2.26. The van der Waals surface area contributed by atoms with Crippen molar-refractivity contribution in [2.24, 2.45) is 0 Å². The summed E-state index contributed by atoms with van der Waals surface area (Å²) >= 11 is 0. The Morgan fingerprint density at radius 2 is 1.89 bits per heavy atom. The van der Waals surface area contributed by atoms with E-state index in [0.29, 0.717) is 23.6 Å². The van der Waals surface area contributed by atoms with Gasteiger partial charge in [0, 0.05) is 29.8 Å². The molecular weight excluding hydrogens is 499 g/mol. The van der Waals surface area contributed by atoms with Gasteiger partial charge in [0.15, 0.2) is 6.61 Å². The molecule has 0 amide bonds. The number of aromatic nitrogens is 3. The summed E-state index contributed by atoms with van der Waals surface area (Å²) in [4.78, 5) is 16.1. The molecule has 1 fully saturated rings. The number of nitrogens with zero attached hydrogens (tertiary/aromatic N) is 3. The summed E-state index contributed by atoms with van der Waals surface area (Å²) in [6, 6.07) is 11.9. The Labute approximate surface area is 217 Å². The average molecular weight is 526 g/mol. The first-order valence-corrected chi connectivity index (χ1v) is 12.3. The van der Waals surface area contributed by atoms with E-state index in [-0.39, 0.29) is 28.8 Å². The zero-order chi connectivity index (χ0) is 26.8. The minimum atomic E-state index is -3.18. The third kappa shape index (κ3) is 5.29. The molecular formula is C28H26F3N3O4. The molecule has 10 heteroatoms. The molecule has 2 aromatic heterocycles. The molecule has 0 saturated heterocycles. The molecule has 0 aliphatic heterocycles. The van der Waals surface area contributed by atoms with Gasteiger partial charge in [0.05, 0.1) is 23.9 Å². The fourth-order valence-electron chi connectivity index (χ4n) is 4.42. The minimum absolute atomic E-state index is 0.0145. The Balaban J connectivity index is 1.55. The fourth-order valence-corrected chi connectivity index (χ4v) is 4.42. The number of halogens is 3. The summed E-state index contributed by atoms with van der Waals surface area (Å²) in [6.07, 6.45) is 4.81. The van der Waals surface area contributed by atoms with Gasteiger partial charge in [-0.2, -0.15) is 13.9 Å². The van der Waals surface area contributed by atoms with E-state index in [0.717, 1.165) is 35.9 Å². The van der Waals surface area contributed by atoms with Gasteiger partial charge in [-0.15, -0.1) is 0 Å². The number of pyridine rings is 1. The molecule has 38 heavy (non-hydrogen) atoms. The molecule has 0 N–H and O–H groups in total. The number of fused-ring (bicyclic) bond motifs is 1. The SMILES string of the molecule is CCc1nc2c(F)ccc(OCC(=O)OC)c2c(OC(F)F)c1Cc1ccc(-n2ccc(C3CC3)n2)cc1. The van der Waals surface area contributed by atoms with E-state index in [1.807, 2.05) is 41.2 Å². The quantitative estimate of drug-likeness (QED) is 0.246. The number of carbonyl (C=O) groups excluding carboxylic acids is 1. The predicted molar refractivity (Wildman–Crippen MR) is 134 cm³/mol. The summed E-state index contributed by atoms with van der Waals surface area (Å²) in [7, 11) is 1.19. The van der Waals surface area contributed by atoms with Gasteiger partial charge in [0.1, 0.15) is 22.8 Å². The number of alkyl halides is 2. The number of hydrogen-bond donors (Lipinski definition) is 0. The fraction of sp³-hybridized carbons (Fsp3) is 0.321. The van der Waals surface area contributed by atoms with Gasteiger partial charge in [-0.1, -0.05) is 19.1 Å². The summed E-state index contributed by atoms with van der Waals surface area (Å²) < 4.78 is 59.0. The number of carbonyl (C=O) groups is 1. The van der Waals surface area contributed by atoms with E-state index in [9.17, 15) is 18.0 Å². The van der Waals surface area contributed by atoms with E-state index >= 15 is 0 Å². The van der Waals surface area contributed by atoms with Crippen molar-refractivity contribution in [3.63, 3.8) is 0 Å². The van der Waals surface area contributed by atoms with Crippen LogP contribution in [0.1, 0.15) is 48.2 Å². The van der Waals surface area contributed by atoms with Crippen LogP contribution in [0.2, 0.25) is 0 Å². The van der Waals surface area contributed by atoms with Gasteiger partial charge in [-0.25, -0.2) is 18.9 Å². The summed E-state index contributed by atoms with van der Waals surface area (Å²) in [5.74, 6) is -1.10. The number of benzene rings is 2. The monoisotopic (exact) mass is 525 g/mol. The van der Waals surface area contributed by atoms with Gasteiger partial charge >= 0.3 is 12.6 Å². The van der Waals surface area contributed by atoms with Crippen LogP contribution in [0.3, 0.4) is 0 Å². The van der Waals surface area contributed by atoms with Gasteiger partial charge in [-0.3, -0.25) is 0 Å². The second-order valence-electron chi connectivity index (χ2n) is 9.03. The van der Waals surface area contributed by atoms with Crippen LogP contribution >= 0.6 is 0 Å². The molecule has 198 valence electrons. The number of methoxy groups -OCH3 is 1. The molecule has 4 aromatic rings. The van der Waals surface area contributed by atoms with Crippen LogP contribution in [0.15, 0.2) is 48.7 Å². The van der Waals surface area contributed by atoms with Gasteiger partial charge in [0.2, 0.25) is 0 Å². The first-order valence-electron chi connectivity index (χ1n) is 12.3. The number of hydrogen-bond acceptors (Lipinski definition) is 6. The van der Waals surface area contributed by atoms with Crippen molar-refractivity contribution in [3.05, 3.63) is 77.0 Å². The van der Waals surface area contributed by atoms with E-state index < -0.39 is 25.0 Å². The van der Waals surface area contributed by atoms with E-state index in [1.54, 1.807) is 6.92 Å².